The van der Waals surface area contributed by atoms with E-state index >= 15 is 0 Å². The van der Waals surface area contributed by atoms with Crippen LogP contribution in [0.15, 0.2) is 47.4 Å². The minimum atomic E-state index is -3.27. The number of hydrogen-bond donors (Lipinski definition) is 0. The molecule has 0 aliphatic carbocycles. The molecule has 158 valence electrons. The van der Waals surface area contributed by atoms with E-state index < -0.39 is 9.84 Å². The summed E-state index contributed by atoms with van der Waals surface area (Å²) in [6.45, 7) is 2.75. The number of rotatable bonds is 5. The molecule has 0 atom stereocenters. The van der Waals surface area contributed by atoms with Crippen molar-refractivity contribution in [1.82, 2.24) is 9.88 Å². The first-order valence-electron chi connectivity index (χ1n) is 9.71. The van der Waals surface area contributed by atoms with Crippen molar-refractivity contribution in [2.45, 2.75) is 30.8 Å². The van der Waals surface area contributed by atoms with Crippen LogP contribution < -0.4 is 4.74 Å². The molecule has 0 bridgehead atoms. The van der Waals surface area contributed by atoms with E-state index in [1.807, 2.05) is 18.2 Å². The first-order valence-corrected chi connectivity index (χ1v) is 12.6. The predicted octanol–water partition coefficient (Wildman–Crippen LogP) is 4.43. The molecule has 0 spiro atoms. The van der Waals surface area contributed by atoms with Crippen LogP contribution in [0.4, 0.5) is 0 Å². The van der Waals surface area contributed by atoms with Crippen LogP contribution in [0.3, 0.4) is 0 Å². The second kappa shape index (κ2) is 8.53. The molecular weight excluding hydrogens is 444 g/mol. The summed E-state index contributed by atoms with van der Waals surface area (Å²) in [6.07, 6.45) is 1.40. The van der Waals surface area contributed by atoms with Crippen molar-refractivity contribution in [1.29, 1.82) is 0 Å². The Morgan fingerprint density at radius 3 is 2.53 bits per heavy atom. The predicted molar refractivity (Wildman–Crippen MR) is 118 cm³/mol. The summed E-state index contributed by atoms with van der Waals surface area (Å²) in [4.78, 5) is 19.3. The molecule has 6 nitrogen and oxygen atoms in total. The van der Waals surface area contributed by atoms with Gasteiger partial charge in [-0.1, -0.05) is 35.9 Å². The Kier molecular flexibility index (Phi) is 5.99. The number of likely N-dealkylation sites (tertiary alicyclic amines) is 1. The third-order valence-corrected chi connectivity index (χ3v) is 8.15. The van der Waals surface area contributed by atoms with Gasteiger partial charge in [-0.15, -0.1) is 0 Å². The second-order valence-corrected chi connectivity index (χ2v) is 10.8. The van der Waals surface area contributed by atoms with Crippen LogP contribution in [-0.2, 0) is 9.84 Å². The molecule has 1 fully saturated rings. The van der Waals surface area contributed by atoms with Crippen LogP contribution in [0.1, 0.15) is 30.1 Å². The maximum absolute atomic E-state index is 12.8. The summed E-state index contributed by atoms with van der Waals surface area (Å²) in [7, 11) is -3.27. The highest BCUT2D eigenvalue weighted by molar-refractivity contribution is 7.91. The lowest BCUT2D eigenvalue weighted by molar-refractivity contribution is 0.0595. The third kappa shape index (κ3) is 4.31. The fourth-order valence-corrected chi connectivity index (χ4v) is 5.48. The molecule has 0 saturated carbocycles. The Hall–Kier alpha value is -2.16. The first kappa shape index (κ1) is 21.1. The van der Waals surface area contributed by atoms with Gasteiger partial charge in [0.2, 0.25) is 0 Å². The van der Waals surface area contributed by atoms with Crippen molar-refractivity contribution < 1.29 is 17.9 Å². The molecule has 2 aromatic carbocycles. The highest BCUT2D eigenvalue weighted by Gasteiger charge is 2.26. The van der Waals surface area contributed by atoms with E-state index in [9.17, 15) is 13.2 Å². The molecule has 3 aromatic rings. The number of thiazole rings is 1. The lowest BCUT2D eigenvalue weighted by atomic mass is 10.1. The summed E-state index contributed by atoms with van der Waals surface area (Å²) in [5, 5.41) is 1.20. The van der Waals surface area contributed by atoms with Crippen molar-refractivity contribution in [2.75, 3.05) is 18.8 Å². The van der Waals surface area contributed by atoms with Gasteiger partial charge in [0.25, 0.3) is 11.1 Å². The SMILES string of the molecule is CCS(=O)(=O)c1ccc(C(=O)N2CCC(Oc3nc4c(Cl)cccc4s3)CC2)cc1. The maximum atomic E-state index is 12.8. The van der Waals surface area contributed by atoms with Crippen LogP contribution in [0.25, 0.3) is 10.2 Å². The molecule has 1 amide bonds. The number of sulfone groups is 1. The van der Waals surface area contributed by atoms with E-state index in [1.54, 1.807) is 24.0 Å². The molecule has 30 heavy (non-hydrogen) atoms. The number of carbonyl (C=O) groups is 1. The van der Waals surface area contributed by atoms with Crippen molar-refractivity contribution >= 4 is 48.9 Å². The first-order chi connectivity index (χ1) is 14.4. The Morgan fingerprint density at radius 2 is 1.90 bits per heavy atom. The van der Waals surface area contributed by atoms with Crippen LogP contribution in [0, 0.1) is 0 Å². The fraction of sp³-hybridized carbons (Fsp3) is 0.333. The summed E-state index contributed by atoms with van der Waals surface area (Å²) in [5.41, 5.74) is 1.24. The summed E-state index contributed by atoms with van der Waals surface area (Å²) < 4.78 is 30.9. The van der Waals surface area contributed by atoms with E-state index in [0.29, 0.717) is 41.7 Å². The number of amides is 1. The average molecular weight is 465 g/mol. The lowest BCUT2D eigenvalue weighted by Crippen LogP contribution is -2.41. The highest BCUT2D eigenvalue weighted by Crippen LogP contribution is 2.33. The van der Waals surface area contributed by atoms with Gasteiger partial charge < -0.3 is 9.64 Å². The molecular formula is C21H21ClN2O4S2. The minimum absolute atomic E-state index is 0.00883. The van der Waals surface area contributed by atoms with Crippen LogP contribution in [0.5, 0.6) is 5.19 Å². The average Bonchev–Trinajstić information content (AvgIpc) is 3.18. The third-order valence-electron chi connectivity index (χ3n) is 5.19. The fourth-order valence-electron chi connectivity index (χ4n) is 3.42. The van der Waals surface area contributed by atoms with Crippen molar-refractivity contribution in [3.63, 3.8) is 0 Å². The maximum Gasteiger partial charge on any atom is 0.274 e. The molecule has 1 aliphatic heterocycles. The van der Waals surface area contributed by atoms with Gasteiger partial charge >= 0.3 is 0 Å². The van der Waals surface area contributed by atoms with Gasteiger partial charge in [-0.25, -0.2) is 13.4 Å². The van der Waals surface area contributed by atoms with Crippen molar-refractivity contribution in [3.8, 4) is 5.19 Å². The molecule has 0 radical (unpaired) electrons. The van der Waals surface area contributed by atoms with Gasteiger partial charge in [-0.3, -0.25) is 4.79 Å². The van der Waals surface area contributed by atoms with Gasteiger partial charge in [0, 0.05) is 31.5 Å². The Balaban J connectivity index is 1.36. The van der Waals surface area contributed by atoms with Crippen LogP contribution in [0.2, 0.25) is 5.02 Å². The number of nitrogens with zero attached hydrogens (tertiary/aromatic N) is 2. The minimum Gasteiger partial charge on any atom is -0.467 e. The zero-order chi connectivity index (χ0) is 21.3. The summed E-state index contributed by atoms with van der Waals surface area (Å²) >= 11 is 7.65. The Labute approximate surface area is 184 Å². The Morgan fingerprint density at radius 1 is 1.20 bits per heavy atom. The van der Waals surface area contributed by atoms with E-state index in [1.165, 1.54) is 23.5 Å². The van der Waals surface area contributed by atoms with Crippen LogP contribution >= 0.6 is 22.9 Å². The van der Waals surface area contributed by atoms with Gasteiger partial charge in [0.1, 0.15) is 11.6 Å². The molecule has 1 saturated heterocycles. The van der Waals surface area contributed by atoms with Crippen molar-refractivity contribution in [2.24, 2.45) is 0 Å². The Bertz CT molecular complexity index is 1170. The molecule has 0 unspecified atom stereocenters. The number of aromatic nitrogens is 1. The number of hydrogen-bond acceptors (Lipinski definition) is 6. The number of benzene rings is 2. The second-order valence-electron chi connectivity index (χ2n) is 7.10. The normalized spacial score (nSPS) is 15.5. The largest absolute Gasteiger partial charge is 0.467 e. The quantitative estimate of drug-likeness (QED) is 0.558. The van der Waals surface area contributed by atoms with Crippen molar-refractivity contribution in [3.05, 3.63) is 53.1 Å². The van der Waals surface area contributed by atoms with E-state index in [2.05, 4.69) is 4.98 Å². The summed E-state index contributed by atoms with van der Waals surface area (Å²) in [6, 6.07) is 11.8. The molecule has 1 aromatic heterocycles. The molecule has 4 rings (SSSR count). The molecule has 2 heterocycles. The molecule has 1 aliphatic rings. The molecule has 0 N–H and O–H groups in total. The van der Waals surface area contributed by atoms with Gasteiger partial charge in [0.15, 0.2) is 9.84 Å². The zero-order valence-corrected chi connectivity index (χ0v) is 18.8. The van der Waals surface area contributed by atoms with Gasteiger partial charge in [0.05, 0.1) is 20.4 Å². The van der Waals surface area contributed by atoms with Gasteiger partial charge in [-0.05, 0) is 36.4 Å². The number of piperidine rings is 1. The van der Waals surface area contributed by atoms with Gasteiger partial charge in [-0.2, -0.15) is 0 Å². The zero-order valence-electron chi connectivity index (χ0n) is 16.4. The highest BCUT2D eigenvalue weighted by atomic mass is 35.5. The number of halogens is 1. The lowest BCUT2D eigenvalue weighted by Gasteiger charge is -2.31. The smallest absolute Gasteiger partial charge is 0.274 e. The standard InChI is InChI=1S/C21H21ClN2O4S2/c1-2-30(26,27)16-8-6-14(7-9-16)20(25)24-12-10-15(11-13-24)28-21-23-19-17(22)4-3-5-18(19)29-21/h3-9,15H,2,10-13H2,1H3. The van der Waals surface area contributed by atoms with E-state index in [4.69, 9.17) is 16.3 Å². The number of carbonyl (C=O) groups excluding carboxylic acids is 1. The topological polar surface area (TPSA) is 76.6 Å². The molecule has 9 heteroatoms. The number of para-hydroxylation sites is 1. The van der Waals surface area contributed by atoms with E-state index in [0.717, 1.165) is 10.2 Å². The summed E-state index contributed by atoms with van der Waals surface area (Å²) in [5.74, 6) is -0.0602. The van der Waals surface area contributed by atoms with Crippen LogP contribution in [-0.4, -0.2) is 49.2 Å². The number of ether oxygens (including phenoxy) is 1. The number of fused-ring (bicyclic) bond motifs is 1. The van der Waals surface area contributed by atoms with E-state index in [-0.39, 0.29) is 22.7 Å². The monoisotopic (exact) mass is 464 g/mol.